The van der Waals surface area contributed by atoms with Crippen molar-refractivity contribution in [3.63, 3.8) is 0 Å². The van der Waals surface area contributed by atoms with Crippen LogP contribution in [0.15, 0.2) is 27.9 Å². The Morgan fingerprint density at radius 3 is 2.59 bits per heavy atom. The van der Waals surface area contributed by atoms with Crippen LogP contribution < -0.4 is 9.62 Å². The van der Waals surface area contributed by atoms with Crippen molar-refractivity contribution in [3.8, 4) is 0 Å². The van der Waals surface area contributed by atoms with E-state index in [1.165, 1.54) is 10.9 Å². The highest BCUT2D eigenvalue weighted by atomic mass is 35.5. The molecule has 1 N–H and O–H groups in total. The first kappa shape index (κ1) is 21.4. The Hall–Kier alpha value is -1.91. The average molecular weight is 436 g/mol. The smallest absolute Gasteiger partial charge is 0.430 e. The van der Waals surface area contributed by atoms with Crippen LogP contribution in [0.4, 0.5) is 20.7 Å². The fourth-order valence-corrected chi connectivity index (χ4v) is 4.30. The van der Waals surface area contributed by atoms with Gasteiger partial charge in [-0.3, -0.25) is 0 Å². The van der Waals surface area contributed by atoms with Crippen molar-refractivity contribution in [2.45, 2.75) is 38.2 Å². The molecule has 0 unspecified atom stereocenters. The molecule has 1 aromatic heterocycles. The van der Waals surface area contributed by atoms with Crippen molar-refractivity contribution in [2.75, 3.05) is 16.2 Å². The number of halogens is 2. The molecule has 2 aromatic rings. The summed E-state index contributed by atoms with van der Waals surface area (Å²) < 4.78 is 46.2. The van der Waals surface area contributed by atoms with Crippen LogP contribution in [0.1, 0.15) is 27.7 Å². The highest BCUT2D eigenvalue weighted by Crippen LogP contribution is 2.32. The average Bonchev–Trinajstić information content (AvgIpc) is 3.02. The summed E-state index contributed by atoms with van der Waals surface area (Å²) in [6.45, 7) is 7.00. The molecule has 0 saturated heterocycles. The lowest BCUT2D eigenvalue weighted by Gasteiger charge is -2.26. The number of hydrogen-bond acceptors (Lipinski definition) is 7. The summed E-state index contributed by atoms with van der Waals surface area (Å²) in [4.78, 5) is 15.7. The molecule has 7 nitrogen and oxygen atoms in total. The molecule has 0 saturated carbocycles. The van der Waals surface area contributed by atoms with Crippen molar-refractivity contribution in [1.82, 2.24) is 4.98 Å². The molecule has 1 heterocycles. The van der Waals surface area contributed by atoms with Gasteiger partial charge in [-0.25, -0.2) is 22.6 Å². The summed E-state index contributed by atoms with van der Waals surface area (Å²) in [5, 5.41) is 4.16. The zero-order chi connectivity index (χ0) is 20.4. The van der Waals surface area contributed by atoms with E-state index in [1.807, 2.05) is 0 Å². The molecule has 11 heteroatoms. The molecule has 1 amide bonds. The molecule has 0 fully saturated rings. The summed E-state index contributed by atoms with van der Waals surface area (Å²) in [5.74, 6) is -1.25. The van der Waals surface area contributed by atoms with Gasteiger partial charge in [0.05, 0.1) is 16.2 Å². The maximum Gasteiger partial charge on any atom is 0.430 e. The van der Waals surface area contributed by atoms with E-state index in [4.69, 9.17) is 16.3 Å². The molecular weight excluding hydrogens is 417 g/mol. The minimum atomic E-state index is -4.66. The van der Waals surface area contributed by atoms with Crippen molar-refractivity contribution >= 4 is 50.6 Å². The third kappa shape index (κ3) is 4.88. The molecule has 0 spiro atoms. The van der Waals surface area contributed by atoms with Crippen LogP contribution in [-0.4, -0.2) is 31.6 Å². The summed E-state index contributed by atoms with van der Waals surface area (Å²) in [7, 11) is -4.66. The molecule has 27 heavy (non-hydrogen) atoms. The minimum absolute atomic E-state index is 0.000702. The van der Waals surface area contributed by atoms with E-state index in [9.17, 15) is 17.6 Å². The number of nitrogens with zero attached hydrogens (tertiary/aromatic N) is 2. The first-order valence-electron chi connectivity index (χ1n) is 7.86. The standard InChI is InChI=1S/C16H19ClFN3O4S2/c1-5-19-12-7-11(18)13(6-10(12)17)27(23,24)21(14-8-26-9-20-14)15(22)25-16(2,3)4/h6-9,19H,5H2,1-4H3. The van der Waals surface area contributed by atoms with Gasteiger partial charge in [-0.2, -0.15) is 0 Å². The Balaban J connectivity index is 2.58. The molecule has 0 atom stereocenters. The van der Waals surface area contributed by atoms with Crippen LogP contribution in [0.25, 0.3) is 0 Å². The fourth-order valence-electron chi connectivity index (χ4n) is 2.08. The Morgan fingerprint density at radius 2 is 2.07 bits per heavy atom. The van der Waals surface area contributed by atoms with Gasteiger partial charge in [-0.1, -0.05) is 11.6 Å². The number of carbonyl (C=O) groups excluding carboxylic acids is 1. The van der Waals surface area contributed by atoms with Gasteiger partial charge in [0.15, 0.2) is 5.82 Å². The largest absolute Gasteiger partial charge is 0.443 e. The number of thiazole rings is 1. The molecule has 148 valence electrons. The van der Waals surface area contributed by atoms with Gasteiger partial charge in [0.1, 0.15) is 16.3 Å². The zero-order valence-corrected chi connectivity index (χ0v) is 17.5. The number of hydrogen-bond donors (Lipinski definition) is 1. The van der Waals surface area contributed by atoms with Crippen LogP contribution in [0.5, 0.6) is 0 Å². The molecule has 0 aliphatic heterocycles. The third-order valence-electron chi connectivity index (χ3n) is 3.09. The number of sulfonamides is 1. The Kier molecular flexibility index (Phi) is 6.33. The molecule has 2 rings (SSSR count). The Morgan fingerprint density at radius 1 is 1.41 bits per heavy atom. The predicted octanol–water partition coefficient (Wildman–Crippen LogP) is 4.50. The van der Waals surface area contributed by atoms with Crippen molar-refractivity contribution < 1.29 is 22.3 Å². The zero-order valence-electron chi connectivity index (χ0n) is 15.1. The van der Waals surface area contributed by atoms with Crippen molar-refractivity contribution in [2.24, 2.45) is 0 Å². The van der Waals surface area contributed by atoms with Crippen LogP contribution in [0.3, 0.4) is 0 Å². The molecule has 0 radical (unpaired) electrons. The highest BCUT2D eigenvalue weighted by molar-refractivity contribution is 7.93. The van der Waals surface area contributed by atoms with E-state index >= 15 is 0 Å². The van der Waals surface area contributed by atoms with Gasteiger partial charge in [-0.15, -0.1) is 15.6 Å². The first-order chi connectivity index (χ1) is 12.5. The highest BCUT2D eigenvalue weighted by Gasteiger charge is 2.38. The molecule has 1 aromatic carbocycles. The summed E-state index contributed by atoms with van der Waals surface area (Å²) >= 11 is 7.14. The second-order valence-corrected chi connectivity index (χ2v) is 9.27. The lowest BCUT2D eigenvalue weighted by Crippen LogP contribution is -2.41. The summed E-state index contributed by atoms with van der Waals surface area (Å²) in [6, 6.07) is 1.92. The molecule has 0 aliphatic carbocycles. The lowest BCUT2D eigenvalue weighted by molar-refractivity contribution is 0.0608. The van der Waals surface area contributed by atoms with Crippen LogP contribution in [-0.2, 0) is 14.8 Å². The summed E-state index contributed by atoms with van der Waals surface area (Å²) in [5.41, 5.74) is 0.624. The normalized spacial score (nSPS) is 11.9. The van der Waals surface area contributed by atoms with Crippen molar-refractivity contribution in [3.05, 3.63) is 33.9 Å². The number of ether oxygens (including phenoxy) is 1. The Labute approximate surface area is 166 Å². The minimum Gasteiger partial charge on any atom is -0.443 e. The number of rotatable bonds is 5. The molecule has 0 bridgehead atoms. The van der Waals surface area contributed by atoms with Gasteiger partial charge in [0, 0.05) is 11.9 Å². The van der Waals surface area contributed by atoms with Gasteiger partial charge in [0.25, 0.3) is 10.0 Å². The van der Waals surface area contributed by atoms with E-state index in [0.29, 0.717) is 10.8 Å². The van der Waals surface area contributed by atoms with Crippen LogP contribution >= 0.6 is 22.9 Å². The third-order valence-corrected chi connectivity index (χ3v) is 5.67. The number of aromatic nitrogens is 1. The van der Waals surface area contributed by atoms with Crippen molar-refractivity contribution in [1.29, 1.82) is 0 Å². The van der Waals surface area contributed by atoms with E-state index in [2.05, 4.69) is 10.3 Å². The fraction of sp³-hybridized carbons (Fsp3) is 0.375. The monoisotopic (exact) mass is 435 g/mol. The van der Waals surface area contributed by atoms with E-state index in [-0.39, 0.29) is 16.5 Å². The molecule has 0 aliphatic rings. The van der Waals surface area contributed by atoms with Gasteiger partial charge in [0.2, 0.25) is 0 Å². The predicted molar refractivity (Wildman–Crippen MR) is 104 cm³/mol. The van der Waals surface area contributed by atoms with Crippen LogP contribution in [0.2, 0.25) is 5.02 Å². The SMILES string of the molecule is CCNc1cc(F)c(S(=O)(=O)N(C(=O)OC(C)(C)C)c2cscn2)cc1Cl. The van der Waals surface area contributed by atoms with Gasteiger partial charge >= 0.3 is 6.09 Å². The number of benzene rings is 1. The van der Waals surface area contributed by atoms with Crippen LogP contribution in [0, 0.1) is 5.82 Å². The van der Waals surface area contributed by atoms with Gasteiger partial charge in [-0.05, 0) is 39.8 Å². The topological polar surface area (TPSA) is 88.6 Å². The Bertz CT molecular complexity index is 928. The van der Waals surface area contributed by atoms with E-state index in [1.54, 1.807) is 27.7 Å². The number of anilines is 2. The number of amides is 1. The summed E-state index contributed by atoms with van der Waals surface area (Å²) in [6.07, 6.45) is -1.19. The maximum atomic E-state index is 14.6. The lowest BCUT2D eigenvalue weighted by atomic mass is 10.2. The second-order valence-electron chi connectivity index (χ2n) is 6.39. The van der Waals surface area contributed by atoms with Gasteiger partial charge < -0.3 is 10.1 Å². The maximum absolute atomic E-state index is 14.6. The second kappa shape index (κ2) is 7.99. The number of carbonyl (C=O) groups is 1. The first-order valence-corrected chi connectivity index (χ1v) is 10.6. The molecular formula is C16H19ClFN3O4S2. The van der Waals surface area contributed by atoms with E-state index < -0.39 is 32.4 Å². The van der Waals surface area contributed by atoms with E-state index in [0.717, 1.165) is 23.5 Å². The quantitative estimate of drug-likeness (QED) is 0.743. The number of nitrogens with one attached hydrogen (secondary N) is 1.